The number of hydrogen-bond acceptors (Lipinski definition) is 3. The van der Waals surface area contributed by atoms with Crippen LogP contribution in [0.4, 0.5) is 0 Å². The second-order valence-electron chi connectivity index (χ2n) is 3.64. The third kappa shape index (κ3) is 2.30. The molecule has 0 fully saturated rings. The molecular formula is C12H15NO2. The minimum absolute atomic E-state index is 0.181. The fourth-order valence-corrected chi connectivity index (χ4v) is 1.61. The van der Waals surface area contributed by atoms with E-state index in [0.29, 0.717) is 0 Å². The van der Waals surface area contributed by atoms with Crippen molar-refractivity contribution >= 4 is 0 Å². The molecule has 0 saturated heterocycles. The molecule has 2 rings (SSSR count). The van der Waals surface area contributed by atoms with Gasteiger partial charge in [0, 0.05) is 0 Å². The summed E-state index contributed by atoms with van der Waals surface area (Å²) in [6, 6.07) is 8.08. The Balaban J connectivity index is 1.98. The van der Waals surface area contributed by atoms with Crippen molar-refractivity contribution in [3.63, 3.8) is 0 Å². The fraction of sp³-hybridized carbons (Fsp3) is 0.333. The number of furan rings is 2. The van der Waals surface area contributed by atoms with Crippen LogP contribution in [-0.2, 0) is 0 Å². The molecule has 0 bridgehead atoms. The predicted octanol–water partition coefficient (Wildman–Crippen LogP) is 3.28. The maximum Gasteiger partial charge on any atom is 0.120 e. The first-order chi connectivity index (χ1) is 7.27. The summed E-state index contributed by atoms with van der Waals surface area (Å²) in [5.74, 6) is 1.88. The molecule has 2 atom stereocenters. The van der Waals surface area contributed by atoms with E-state index in [-0.39, 0.29) is 12.1 Å². The van der Waals surface area contributed by atoms with Crippen LogP contribution >= 0.6 is 0 Å². The molecule has 0 spiro atoms. The first-order valence-corrected chi connectivity index (χ1v) is 5.10. The van der Waals surface area contributed by atoms with Crippen molar-refractivity contribution in [3.8, 4) is 0 Å². The van der Waals surface area contributed by atoms with Gasteiger partial charge in [-0.05, 0) is 38.1 Å². The predicted molar refractivity (Wildman–Crippen MR) is 57.4 cm³/mol. The Morgan fingerprint density at radius 2 is 1.40 bits per heavy atom. The van der Waals surface area contributed by atoms with E-state index in [2.05, 4.69) is 19.2 Å². The number of rotatable bonds is 4. The Morgan fingerprint density at radius 1 is 0.933 bits per heavy atom. The Labute approximate surface area is 89.1 Å². The molecule has 15 heavy (non-hydrogen) atoms. The third-order valence-corrected chi connectivity index (χ3v) is 2.44. The molecule has 2 aromatic rings. The van der Waals surface area contributed by atoms with E-state index >= 15 is 0 Å². The van der Waals surface area contributed by atoms with Gasteiger partial charge in [0.15, 0.2) is 0 Å². The molecule has 0 aliphatic rings. The Bertz CT molecular complexity index is 339. The second-order valence-corrected chi connectivity index (χ2v) is 3.64. The molecular weight excluding hydrogens is 190 g/mol. The zero-order valence-corrected chi connectivity index (χ0v) is 8.94. The second kappa shape index (κ2) is 4.36. The van der Waals surface area contributed by atoms with Gasteiger partial charge in [-0.25, -0.2) is 0 Å². The van der Waals surface area contributed by atoms with Crippen LogP contribution < -0.4 is 5.32 Å². The van der Waals surface area contributed by atoms with Crippen LogP contribution in [0, 0.1) is 0 Å². The van der Waals surface area contributed by atoms with Crippen molar-refractivity contribution in [3.05, 3.63) is 48.3 Å². The SMILES string of the molecule is CC(N[C@H](C)c1ccco1)c1ccco1. The van der Waals surface area contributed by atoms with Gasteiger partial charge < -0.3 is 8.83 Å². The van der Waals surface area contributed by atoms with Crippen LogP contribution in [0.1, 0.15) is 37.5 Å². The van der Waals surface area contributed by atoms with Gasteiger partial charge in [-0.1, -0.05) is 0 Å². The largest absolute Gasteiger partial charge is 0.468 e. The number of nitrogens with one attached hydrogen (secondary N) is 1. The summed E-state index contributed by atoms with van der Waals surface area (Å²) in [4.78, 5) is 0. The van der Waals surface area contributed by atoms with E-state index in [1.807, 2.05) is 24.3 Å². The van der Waals surface area contributed by atoms with Crippen molar-refractivity contribution in [2.45, 2.75) is 25.9 Å². The van der Waals surface area contributed by atoms with Gasteiger partial charge >= 0.3 is 0 Å². The lowest BCUT2D eigenvalue weighted by Crippen LogP contribution is -2.21. The molecule has 3 heteroatoms. The summed E-state index contributed by atoms with van der Waals surface area (Å²) >= 11 is 0. The van der Waals surface area contributed by atoms with Crippen LogP contribution in [0.15, 0.2) is 45.6 Å². The van der Waals surface area contributed by atoms with E-state index in [9.17, 15) is 0 Å². The zero-order valence-electron chi connectivity index (χ0n) is 8.94. The van der Waals surface area contributed by atoms with E-state index in [0.717, 1.165) is 11.5 Å². The zero-order chi connectivity index (χ0) is 10.7. The summed E-state index contributed by atoms with van der Waals surface area (Å²) in [6.07, 6.45) is 3.37. The van der Waals surface area contributed by atoms with Crippen molar-refractivity contribution in [1.82, 2.24) is 5.32 Å². The highest BCUT2D eigenvalue weighted by molar-refractivity contribution is 5.07. The first-order valence-electron chi connectivity index (χ1n) is 5.10. The van der Waals surface area contributed by atoms with Crippen molar-refractivity contribution < 1.29 is 8.83 Å². The van der Waals surface area contributed by atoms with Crippen LogP contribution in [0.3, 0.4) is 0 Å². The fourth-order valence-electron chi connectivity index (χ4n) is 1.61. The maximum absolute atomic E-state index is 5.32. The van der Waals surface area contributed by atoms with E-state index in [4.69, 9.17) is 8.83 Å². The minimum Gasteiger partial charge on any atom is -0.468 e. The van der Waals surface area contributed by atoms with Gasteiger partial charge in [-0.15, -0.1) is 0 Å². The highest BCUT2D eigenvalue weighted by atomic mass is 16.3. The topological polar surface area (TPSA) is 38.3 Å². The molecule has 2 heterocycles. The lowest BCUT2D eigenvalue weighted by atomic mass is 10.2. The Hall–Kier alpha value is -1.48. The lowest BCUT2D eigenvalue weighted by molar-refractivity contribution is 0.366. The van der Waals surface area contributed by atoms with Crippen LogP contribution in [0.5, 0.6) is 0 Å². The summed E-state index contributed by atoms with van der Waals surface area (Å²) in [5, 5.41) is 3.40. The minimum atomic E-state index is 0.181. The highest BCUT2D eigenvalue weighted by Crippen LogP contribution is 2.19. The first kappa shape index (κ1) is 10.1. The van der Waals surface area contributed by atoms with E-state index < -0.39 is 0 Å². The molecule has 0 aliphatic carbocycles. The van der Waals surface area contributed by atoms with Crippen molar-refractivity contribution in [2.24, 2.45) is 0 Å². The molecule has 0 amide bonds. The monoisotopic (exact) mass is 205 g/mol. The van der Waals surface area contributed by atoms with E-state index in [1.54, 1.807) is 12.5 Å². The molecule has 1 N–H and O–H groups in total. The quantitative estimate of drug-likeness (QED) is 0.832. The molecule has 0 aromatic carbocycles. The molecule has 0 saturated carbocycles. The van der Waals surface area contributed by atoms with Crippen LogP contribution in [0.2, 0.25) is 0 Å². The van der Waals surface area contributed by atoms with Crippen molar-refractivity contribution in [1.29, 1.82) is 0 Å². The number of hydrogen-bond donors (Lipinski definition) is 1. The summed E-state index contributed by atoms with van der Waals surface area (Å²) < 4.78 is 10.6. The van der Waals surface area contributed by atoms with Crippen LogP contribution in [0.25, 0.3) is 0 Å². The summed E-state index contributed by atoms with van der Waals surface area (Å²) in [5.41, 5.74) is 0. The van der Waals surface area contributed by atoms with Gasteiger partial charge in [0.2, 0.25) is 0 Å². The molecule has 0 radical (unpaired) electrons. The molecule has 2 aromatic heterocycles. The van der Waals surface area contributed by atoms with Crippen molar-refractivity contribution in [2.75, 3.05) is 0 Å². The summed E-state index contributed by atoms with van der Waals surface area (Å²) in [6.45, 7) is 4.14. The van der Waals surface area contributed by atoms with Gasteiger partial charge in [0.25, 0.3) is 0 Å². The standard InChI is InChI=1S/C12H15NO2/c1-9(11-5-3-7-14-11)13-10(2)12-6-4-8-15-12/h3-10,13H,1-2H3/t9-,10?/m1/s1. The smallest absolute Gasteiger partial charge is 0.120 e. The molecule has 3 nitrogen and oxygen atoms in total. The molecule has 0 aliphatic heterocycles. The van der Waals surface area contributed by atoms with Crippen LogP contribution in [-0.4, -0.2) is 0 Å². The Kier molecular flexibility index (Phi) is 2.92. The van der Waals surface area contributed by atoms with E-state index in [1.165, 1.54) is 0 Å². The normalized spacial score (nSPS) is 15.1. The molecule has 80 valence electrons. The Morgan fingerprint density at radius 3 is 1.73 bits per heavy atom. The molecule has 1 unspecified atom stereocenters. The highest BCUT2D eigenvalue weighted by Gasteiger charge is 2.14. The van der Waals surface area contributed by atoms with Gasteiger partial charge in [0.05, 0.1) is 24.6 Å². The van der Waals surface area contributed by atoms with Gasteiger partial charge in [0.1, 0.15) is 11.5 Å². The average Bonchev–Trinajstić information content (AvgIpc) is 2.91. The average molecular weight is 205 g/mol. The van der Waals surface area contributed by atoms with Gasteiger partial charge in [-0.3, -0.25) is 5.32 Å². The lowest BCUT2D eigenvalue weighted by Gasteiger charge is -2.16. The third-order valence-electron chi connectivity index (χ3n) is 2.44. The summed E-state index contributed by atoms with van der Waals surface area (Å²) in [7, 11) is 0. The van der Waals surface area contributed by atoms with Gasteiger partial charge in [-0.2, -0.15) is 0 Å². The maximum atomic E-state index is 5.32.